The Morgan fingerprint density at radius 1 is 1.04 bits per heavy atom. The number of nitriles is 1. The highest BCUT2D eigenvalue weighted by atomic mass is 16.7. The molecule has 0 spiro atoms. The van der Waals surface area contributed by atoms with Gasteiger partial charge >= 0.3 is 6.09 Å². The first-order valence-corrected chi connectivity index (χ1v) is 16.5. The number of benzene rings is 3. The lowest BCUT2D eigenvalue weighted by atomic mass is 10.00. The molecular formula is C37H43N3O8. The molecule has 3 aromatic carbocycles. The Morgan fingerprint density at radius 3 is 2.65 bits per heavy atom. The monoisotopic (exact) mass is 657 g/mol. The number of aliphatic hydroxyl groups is 1. The Hall–Kier alpha value is -4.34. The molecule has 254 valence electrons. The fourth-order valence-electron chi connectivity index (χ4n) is 6.45. The summed E-state index contributed by atoms with van der Waals surface area (Å²) in [6, 6.07) is 22.3. The molecule has 0 bridgehead atoms. The highest BCUT2D eigenvalue weighted by Crippen LogP contribution is 2.34. The van der Waals surface area contributed by atoms with Crippen LogP contribution in [0.1, 0.15) is 42.5 Å². The number of carbonyl (C=O) groups excluding carboxylic acids is 1. The summed E-state index contributed by atoms with van der Waals surface area (Å²) in [4.78, 5) is 15.4. The lowest BCUT2D eigenvalue weighted by Crippen LogP contribution is -2.50. The van der Waals surface area contributed by atoms with Crippen molar-refractivity contribution in [2.45, 2.75) is 64.4 Å². The van der Waals surface area contributed by atoms with Gasteiger partial charge in [-0.3, -0.25) is 4.90 Å². The number of amides is 1. The maximum Gasteiger partial charge on any atom is 0.407 e. The van der Waals surface area contributed by atoms with Gasteiger partial charge in [-0.2, -0.15) is 5.26 Å². The van der Waals surface area contributed by atoms with Gasteiger partial charge in [-0.25, -0.2) is 4.79 Å². The number of nitrogens with zero attached hydrogens (tertiary/aromatic N) is 2. The lowest BCUT2D eigenvalue weighted by molar-refractivity contribution is -0.0907. The molecule has 0 aliphatic carbocycles. The average Bonchev–Trinajstić information content (AvgIpc) is 3.83. The van der Waals surface area contributed by atoms with Crippen molar-refractivity contribution in [3.8, 4) is 23.3 Å². The SMILES string of the molecule is CC(C)CN(Cc1ccc2c(c1)OCO2)C[C@@H](O)[C@H](Cc1ccc(OCc2ccccc2C#N)cc1)NC(=O)O[C@H]1CO[C@H]2OCC[C@H]21. The number of alkyl carbamates (subject to hydrolysis) is 1. The lowest BCUT2D eigenvalue weighted by Gasteiger charge is -2.31. The van der Waals surface area contributed by atoms with Crippen LogP contribution in [-0.4, -0.2) is 73.7 Å². The van der Waals surface area contributed by atoms with Crippen molar-refractivity contribution in [3.63, 3.8) is 0 Å². The summed E-state index contributed by atoms with van der Waals surface area (Å²) >= 11 is 0. The molecule has 48 heavy (non-hydrogen) atoms. The Labute approximate surface area is 281 Å². The van der Waals surface area contributed by atoms with Gasteiger partial charge in [0.15, 0.2) is 17.8 Å². The van der Waals surface area contributed by atoms with E-state index in [1.165, 1.54) is 0 Å². The van der Waals surface area contributed by atoms with E-state index in [2.05, 4.69) is 30.1 Å². The van der Waals surface area contributed by atoms with Crippen LogP contribution in [0.25, 0.3) is 0 Å². The van der Waals surface area contributed by atoms with E-state index in [4.69, 9.17) is 28.4 Å². The Kier molecular flexibility index (Phi) is 11.0. The van der Waals surface area contributed by atoms with Crippen molar-refractivity contribution >= 4 is 6.09 Å². The minimum absolute atomic E-state index is 0.00928. The first kappa shape index (κ1) is 33.6. The number of fused-ring (bicyclic) bond motifs is 2. The maximum atomic E-state index is 13.3. The van der Waals surface area contributed by atoms with Crippen molar-refractivity contribution in [2.24, 2.45) is 11.8 Å². The van der Waals surface area contributed by atoms with Gasteiger partial charge in [0, 0.05) is 25.2 Å². The molecule has 1 amide bonds. The highest BCUT2D eigenvalue weighted by Gasteiger charge is 2.44. The van der Waals surface area contributed by atoms with Crippen molar-refractivity contribution in [2.75, 3.05) is 33.1 Å². The highest BCUT2D eigenvalue weighted by molar-refractivity contribution is 5.68. The second-order valence-corrected chi connectivity index (χ2v) is 13.0. The summed E-state index contributed by atoms with van der Waals surface area (Å²) in [5.41, 5.74) is 3.33. The number of nitrogens with one attached hydrogen (secondary N) is 1. The van der Waals surface area contributed by atoms with E-state index in [0.717, 1.165) is 35.4 Å². The molecule has 11 heteroatoms. The molecule has 11 nitrogen and oxygen atoms in total. The molecule has 5 atom stereocenters. The van der Waals surface area contributed by atoms with Crippen LogP contribution in [0.3, 0.4) is 0 Å². The standard InChI is InChI=1S/C37H43N3O8/c1-24(2)18-40(19-26-9-12-33-34(16-26)47-23-46-33)20-32(41)31(39-37(42)48-35-22-45-36-30(35)13-14-43-36)15-25-7-10-29(11-8-25)44-21-28-6-4-3-5-27(28)17-38/h3-12,16,24,30-32,35-36,41H,13-15,18-23H2,1-2H3,(H,39,42)/t30-,31-,32+,35-,36+/m0/s1. The van der Waals surface area contributed by atoms with Gasteiger partial charge in [0.2, 0.25) is 6.79 Å². The minimum Gasteiger partial charge on any atom is -0.489 e. The van der Waals surface area contributed by atoms with E-state index in [9.17, 15) is 15.2 Å². The largest absolute Gasteiger partial charge is 0.489 e. The zero-order valence-corrected chi connectivity index (χ0v) is 27.4. The Bertz CT molecular complexity index is 1580. The predicted molar refractivity (Wildman–Crippen MR) is 175 cm³/mol. The summed E-state index contributed by atoms with van der Waals surface area (Å²) in [7, 11) is 0. The van der Waals surface area contributed by atoms with Gasteiger partial charge in [-0.05, 0) is 60.2 Å². The molecule has 3 aliphatic rings. The molecule has 3 aromatic rings. The molecule has 2 N–H and O–H groups in total. The summed E-state index contributed by atoms with van der Waals surface area (Å²) in [5.74, 6) is 2.45. The number of rotatable bonds is 14. The van der Waals surface area contributed by atoms with Gasteiger partial charge in [-0.1, -0.05) is 50.2 Å². The molecule has 3 heterocycles. The van der Waals surface area contributed by atoms with Crippen LogP contribution < -0.4 is 19.5 Å². The van der Waals surface area contributed by atoms with E-state index in [-0.39, 0.29) is 32.2 Å². The molecule has 0 radical (unpaired) electrons. The van der Waals surface area contributed by atoms with E-state index in [0.29, 0.717) is 49.1 Å². The molecule has 3 aliphatic heterocycles. The van der Waals surface area contributed by atoms with Crippen LogP contribution >= 0.6 is 0 Å². The van der Waals surface area contributed by atoms with E-state index < -0.39 is 24.3 Å². The molecule has 0 aromatic heterocycles. The topological polar surface area (TPSA) is 132 Å². The van der Waals surface area contributed by atoms with Crippen LogP contribution in [0.4, 0.5) is 4.79 Å². The van der Waals surface area contributed by atoms with Crippen molar-refractivity contribution in [1.29, 1.82) is 5.26 Å². The summed E-state index contributed by atoms with van der Waals surface area (Å²) in [6.07, 6.45) is -1.10. The van der Waals surface area contributed by atoms with Crippen LogP contribution in [0.15, 0.2) is 66.7 Å². The summed E-state index contributed by atoms with van der Waals surface area (Å²) in [5, 5.41) is 24.1. The number of carbonyl (C=O) groups is 1. The molecular weight excluding hydrogens is 614 g/mol. The first-order valence-electron chi connectivity index (χ1n) is 16.5. The zero-order valence-electron chi connectivity index (χ0n) is 27.4. The third-order valence-corrected chi connectivity index (χ3v) is 8.83. The average molecular weight is 658 g/mol. The van der Waals surface area contributed by atoms with Gasteiger partial charge < -0.3 is 38.8 Å². The molecule has 6 rings (SSSR count). The summed E-state index contributed by atoms with van der Waals surface area (Å²) in [6.45, 7) is 7.27. The number of hydrogen-bond acceptors (Lipinski definition) is 10. The van der Waals surface area contributed by atoms with E-state index >= 15 is 0 Å². The molecule has 2 fully saturated rings. The smallest absolute Gasteiger partial charge is 0.407 e. The normalized spacial score (nSPS) is 20.7. The van der Waals surface area contributed by atoms with Crippen LogP contribution in [0, 0.1) is 23.2 Å². The maximum absolute atomic E-state index is 13.3. The second kappa shape index (κ2) is 15.7. The van der Waals surface area contributed by atoms with Gasteiger partial charge in [0.05, 0.1) is 42.9 Å². The molecule has 0 unspecified atom stereocenters. The number of hydrogen-bond donors (Lipinski definition) is 2. The van der Waals surface area contributed by atoms with Gasteiger partial charge in [0.25, 0.3) is 0 Å². The van der Waals surface area contributed by atoms with E-state index in [1.807, 2.05) is 60.7 Å². The zero-order chi connectivity index (χ0) is 33.5. The first-order chi connectivity index (χ1) is 23.3. The minimum atomic E-state index is -0.911. The summed E-state index contributed by atoms with van der Waals surface area (Å²) < 4.78 is 34.1. The number of aliphatic hydroxyl groups excluding tert-OH is 1. The van der Waals surface area contributed by atoms with E-state index in [1.54, 1.807) is 6.07 Å². The van der Waals surface area contributed by atoms with Gasteiger partial charge in [0.1, 0.15) is 18.5 Å². The Balaban J connectivity index is 1.13. The van der Waals surface area contributed by atoms with Crippen LogP contribution in [0.5, 0.6) is 17.2 Å². The van der Waals surface area contributed by atoms with Crippen molar-refractivity contribution < 1.29 is 38.3 Å². The molecule has 0 saturated carbocycles. The van der Waals surface area contributed by atoms with Crippen LogP contribution in [-0.2, 0) is 33.8 Å². The third kappa shape index (κ3) is 8.57. The molecule has 2 saturated heterocycles. The van der Waals surface area contributed by atoms with Crippen molar-refractivity contribution in [1.82, 2.24) is 10.2 Å². The van der Waals surface area contributed by atoms with Gasteiger partial charge in [-0.15, -0.1) is 0 Å². The fraction of sp³-hybridized carbons (Fsp3) is 0.459. The third-order valence-electron chi connectivity index (χ3n) is 8.83. The van der Waals surface area contributed by atoms with Crippen molar-refractivity contribution in [3.05, 3.63) is 89.0 Å². The van der Waals surface area contributed by atoms with Crippen LogP contribution in [0.2, 0.25) is 0 Å². The number of ether oxygens (including phenoxy) is 6. The fourth-order valence-corrected chi connectivity index (χ4v) is 6.45. The Morgan fingerprint density at radius 2 is 1.83 bits per heavy atom. The quantitative estimate of drug-likeness (QED) is 0.250. The second-order valence-electron chi connectivity index (χ2n) is 13.0. The predicted octanol–water partition coefficient (Wildman–Crippen LogP) is 4.78.